The number of carbonyl (C=O) groups excluding carboxylic acids is 1. The second-order valence-corrected chi connectivity index (χ2v) is 5.22. The maximum atomic E-state index is 12.0. The van der Waals surface area contributed by atoms with Crippen molar-refractivity contribution in [1.82, 2.24) is 5.32 Å². The molecular formula is C12H15Br2NO. The highest BCUT2D eigenvalue weighted by atomic mass is 79.9. The molecule has 0 atom stereocenters. The Labute approximate surface area is 113 Å². The number of nitrogens with one attached hydrogen (secondary N) is 1. The smallest absolute Gasteiger partial charge is 0.252 e. The lowest BCUT2D eigenvalue weighted by Crippen LogP contribution is -2.49. The third-order valence-electron chi connectivity index (χ3n) is 2.39. The highest BCUT2D eigenvalue weighted by Gasteiger charge is 2.24. The van der Waals surface area contributed by atoms with Crippen LogP contribution in [0.1, 0.15) is 22.8 Å². The zero-order valence-corrected chi connectivity index (χ0v) is 12.6. The minimum absolute atomic E-state index is 0.0282. The second kappa shape index (κ2) is 5.82. The predicted octanol–water partition coefficient (Wildman–Crippen LogP) is 3.27. The van der Waals surface area contributed by atoms with Crippen LogP contribution in [0.15, 0.2) is 24.3 Å². The number of carbonyl (C=O) groups is 1. The Morgan fingerprint density at radius 1 is 1.31 bits per heavy atom. The molecule has 0 aromatic heterocycles. The summed E-state index contributed by atoms with van der Waals surface area (Å²) in [6.45, 7) is 3.93. The standard InChI is InChI=1S/C12H15Br2NO/c1-9-5-3-4-6-10(9)11(16)15-12(2,7-13)8-14/h3-6H,7-8H2,1-2H3,(H,15,16). The second-order valence-electron chi connectivity index (χ2n) is 4.10. The van der Waals surface area contributed by atoms with E-state index in [1.165, 1.54) is 0 Å². The maximum absolute atomic E-state index is 12.0. The van der Waals surface area contributed by atoms with E-state index in [0.717, 1.165) is 11.1 Å². The van der Waals surface area contributed by atoms with E-state index >= 15 is 0 Å². The van der Waals surface area contributed by atoms with Crippen LogP contribution in [0.4, 0.5) is 0 Å². The summed E-state index contributed by atoms with van der Waals surface area (Å²) in [5, 5.41) is 4.44. The molecular weight excluding hydrogens is 334 g/mol. The van der Waals surface area contributed by atoms with Gasteiger partial charge in [-0.2, -0.15) is 0 Å². The van der Waals surface area contributed by atoms with Gasteiger partial charge in [-0.05, 0) is 25.5 Å². The summed E-state index contributed by atoms with van der Waals surface area (Å²) in [5.41, 5.74) is 1.46. The fourth-order valence-corrected chi connectivity index (χ4v) is 2.48. The van der Waals surface area contributed by atoms with Crippen LogP contribution in [0, 0.1) is 6.92 Å². The largest absolute Gasteiger partial charge is 0.345 e. The molecule has 16 heavy (non-hydrogen) atoms. The molecule has 0 fully saturated rings. The highest BCUT2D eigenvalue weighted by molar-refractivity contribution is 9.09. The molecule has 1 N–H and O–H groups in total. The lowest BCUT2D eigenvalue weighted by molar-refractivity contribution is 0.0922. The first-order valence-electron chi connectivity index (χ1n) is 5.02. The molecule has 0 saturated heterocycles. The van der Waals surface area contributed by atoms with Gasteiger partial charge in [-0.25, -0.2) is 0 Å². The Bertz CT molecular complexity index is 375. The number of benzene rings is 1. The molecule has 1 amide bonds. The van der Waals surface area contributed by atoms with Gasteiger partial charge in [0.15, 0.2) is 0 Å². The lowest BCUT2D eigenvalue weighted by Gasteiger charge is -2.26. The summed E-state index contributed by atoms with van der Waals surface area (Å²) < 4.78 is 0. The van der Waals surface area contributed by atoms with E-state index in [9.17, 15) is 4.79 Å². The molecule has 0 aliphatic heterocycles. The van der Waals surface area contributed by atoms with Crippen molar-refractivity contribution in [2.24, 2.45) is 0 Å². The number of hydrogen-bond donors (Lipinski definition) is 1. The summed E-state index contributed by atoms with van der Waals surface area (Å²) in [4.78, 5) is 12.0. The van der Waals surface area contributed by atoms with Crippen molar-refractivity contribution < 1.29 is 4.79 Å². The topological polar surface area (TPSA) is 29.1 Å². The van der Waals surface area contributed by atoms with Crippen molar-refractivity contribution >= 4 is 37.8 Å². The Morgan fingerprint density at radius 2 is 1.88 bits per heavy atom. The third-order valence-corrected chi connectivity index (χ3v) is 4.87. The van der Waals surface area contributed by atoms with Crippen LogP contribution in [0.25, 0.3) is 0 Å². The molecule has 0 heterocycles. The van der Waals surface area contributed by atoms with Crippen LogP contribution in [0.5, 0.6) is 0 Å². The first kappa shape index (κ1) is 13.7. The van der Waals surface area contributed by atoms with Gasteiger partial charge in [0.2, 0.25) is 0 Å². The van der Waals surface area contributed by atoms with Gasteiger partial charge in [0.25, 0.3) is 5.91 Å². The van der Waals surface area contributed by atoms with Crippen LogP contribution in [0.3, 0.4) is 0 Å². The van der Waals surface area contributed by atoms with Crippen LogP contribution >= 0.6 is 31.9 Å². The summed E-state index contributed by atoms with van der Waals surface area (Å²) in [5.74, 6) is -0.0282. The van der Waals surface area contributed by atoms with E-state index in [-0.39, 0.29) is 11.4 Å². The highest BCUT2D eigenvalue weighted by Crippen LogP contribution is 2.14. The maximum Gasteiger partial charge on any atom is 0.252 e. The lowest BCUT2D eigenvalue weighted by atomic mass is 10.0. The van der Waals surface area contributed by atoms with Gasteiger partial charge in [0.1, 0.15) is 0 Å². The molecule has 0 bridgehead atoms. The van der Waals surface area contributed by atoms with Crippen molar-refractivity contribution in [1.29, 1.82) is 0 Å². The molecule has 4 heteroatoms. The van der Waals surface area contributed by atoms with Crippen molar-refractivity contribution in [2.75, 3.05) is 10.7 Å². The van der Waals surface area contributed by atoms with Gasteiger partial charge in [-0.15, -0.1) is 0 Å². The van der Waals surface area contributed by atoms with Crippen molar-refractivity contribution in [3.05, 3.63) is 35.4 Å². The molecule has 0 saturated carbocycles. The van der Waals surface area contributed by atoms with Crippen molar-refractivity contribution in [3.63, 3.8) is 0 Å². The van der Waals surface area contributed by atoms with Crippen LogP contribution < -0.4 is 5.32 Å². The molecule has 88 valence electrons. The zero-order chi connectivity index (χ0) is 12.2. The fourth-order valence-electron chi connectivity index (χ4n) is 1.27. The molecule has 0 radical (unpaired) electrons. The summed E-state index contributed by atoms with van der Waals surface area (Å²) >= 11 is 6.81. The zero-order valence-electron chi connectivity index (χ0n) is 9.39. The summed E-state index contributed by atoms with van der Waals surface area (Å²) in [6, 6.07) is 7.59. The van der Waals surface area contributed by atoms with Crippen LogP contribution in [-0.4, -0.2) is 22.1 Å². The predicted molar refractivity (Wildman–Crippen MR) is 74.6 cm³/mol. The monoisotopic (exact) mass is 347 g/mol. The molecule has 2 nitrogen and oxygen atoms in total. The third kappa shape index (κ3) is 3.32. The summed E-state index contributed by atoms with van der Waals surface area (Å²) in [7, 11) is 0. The van der Waals surface area contributed by atoms with Gasteiger partial charge < -0.3 is 5.32 Å². The average molecular weight is 349 g/mol. The number of hydrogen-bond acceptors (Lipinski definition) is 1. The number of amides is 1. The first-order chi connectivity index (χ1) is 7.52. The molecule has 0 aliphatic carbocycles. The summed E-state index contributed by atoms with van der Waals surface area (Å²) in [6.07, 6.45) is 0. The Balaban J connectivity index is 2.84. The molecule has 0 unspecified atom stereocenters. The van der Waals surface area contributed by atoms with E-state index in [4.69, 9.17) is 0 Å². The van der Waals surface area contributed by atoms with E-state index in [2.05, 4.69) is 37.2 Å². The number of aryl methyl sites for hydroxylation is 1. The van der Waals surface area contributed by atoms with Crippen molar-refractivity contribution in [3.8, 4) is 0 Å². The molecule has 1 aromatic carbocycles. The number of rotatable bonds is 4. The van der Waals surface area contributed by atoms with Gasteiger partial charge >= 0.3 is 0 Å². The molecule has 0 spiro atoms. The minimum Gasteiger partial charge on any atom is -0.345 e. The molecule has 1 rings (SSSR count). The van der Waals surface area contributed by atoms with Crippen LogP contribution in [0.2, 0.25) is 0 Å². The van der Waals surface area contributed by atoms with Gasteiger partial charge in [-0.3, -0.25) is 4.79 Å². The fraction of sp³-hybridized carbons (Fsp3) is 0.417. The first-order valence-corrected chi connectivity index (χ1v) is 7.27. The normalized spacial score (nSPS) is 11.2. The number of halogens is 2. The minimum atomic E-state index is -0.265. The van der Waals surface area contributed by atoms with E-state index in [0.29, 0.717) is 10.7 Å². The van der Waals surface area contributed by atoms with E-state index < -0.39 is 0 Å². The Hall–Kier alpha value is -0.350. The average Bonchev–Trinajstić information content (AvgIpc) is 2.29. The van der Waals surface area contributed by atoms with Crippen LogP contribution in [-0.2, 0) is 0 Å². The molecule has 1 aromatic rings. The Kier molecular flexibility index (Phi) is 4.99. The van der Waals surface area contributed by atoms with Crippen molar-refractivity contribution in [2.45, 2.75) is 19.4 Å². The van der Waals surface area contributed by atoms with E-state index in [1.54, 1.807) is 0 Å². The van der Waals surface area contributed by atoms with Gasteiger partial charge in [0, 0.05) is 16.2 Å². The Morgan fingerprint density at radius 3 is 2.38 bits per heavy atom. The quantitative estimate of drug-likeness (QED) is 0.831. The molecule has 0 aliphatic rings. The SMILES string of the molecule is Cc1ccccc1C(=O)NC(C)(CBr)CBr. The number of alkyl halides is 2. The van der Waals surface area contributed by atoms with Gasteiger partial charge in [-0.1, -0.05) is 50.1 Å². The van der Waals surface area contributed by atoms with E-state index in [1.807, 2.05) is 38.1 Å². The van der Waals surface area contributed by atoms with Gasteiger partial charge in [0.05, 0.1) is 5.54 Å².